The molecule has 0 unspecified atom stereocenters. The van der Waals surface area contributed by atoms with Gasteiger partial charge in [0.1, 0.15) is 5.82 Å². The highest BCUT2D eigenvalue weighted by atomic mass is 19.1. The Morgan fingerprint density at radius 2 is 2.23 bits per heavy atom. The maximum absolute atomic E-state index is 14.2. The van der Waals surface area contributed by atoms with Gasteiger partial charge in [0.25, 0.3) is 0 Å². The van der Waals surface area contributed by atoms with Crippen molar-refractivity contribution in [3.63, 3.8) is 0 Å². The molecular formula is C15H14FN3O3. The van der Waals surface area contributed by atoms with Gasteiger partial charge in [0, 0.05) is 24.7 Å². The van der Waals surface area contributed by atoms with Crippen LogP contribution in [0.2, 0.25) is 0 Å². The number of fused-ring (bicyclic) bond motifs is 1. The Morgan fingerprint density at radius 3 is 2.86 bits per heavy atom. The van der Waals surface area contributed by atoms with Crippen LogP contribution in [0.4, 0.5) is 4.39 Å². The molecule has 2 heterocycles. The van der Waals surface area contributed by atoms with Gasteiger partial charge in [-0.25, -0.2) is 9.18 Å². The summed E-state index contributed by atoms with van der Waals surface area (Å²) in [6.07, 6.45) is 1.38. The van der Waals surface area contributed by atoms with Crippen molar-refractivity contribution in [3.8, 4) is 11.3 Å². The summed E-state index contributed by atoms with van der Waals surface area (Å²) in [5.41, 5.74) is 2.47. The largest absolute Gasteiger partial charge is 0.478 e. The average molecular weight is 303 g/mol. The summed E-state index contributed by atoms with van der Waals surface area (Å²) in [6.45, 7) is 1.00. The first-order chi connectivity index (χ1) is 10.5. The molecule has 0 fully saturated rings. The Hall–Kier alpha value is -2.70. The Balaban J connectivity index is 2.07. The van der Waals surface area contributed by atoms with E-state index in [1.165, 1.54) is 12.1 Å². The van der Waals surface area contributed by atoms with Crippen molar-refractivity contribution in [2.24, 2.45) is 7.05 Å². The number of carbonyl (C=O) groups excluding carboxylic acids is 1. The second-order valence-electron chi connectivity index (χ2n) is 5.22. The van der Waals surface area contributed by atoms with E-state index in [0.717, 1.165) is 23.7 Å². The summed E-state index contributed by atoms with van der Waals surface area (Å²) < 4.78 is 15.9. The maximum atomic E-state index is 14.2. The summed E-state index contributed by atoms with van der Waals surface area (Å²) in [7, 11) is 1.75. The lowest BCUT2D eigenvalue weighted by molar-refractivity contribution is -0.119. The van der Waals surface area contributed by atoms with Gasteiger partial charge in [-0.15, -0.1) is 0 Å². The van der Waals surface area contributed by atoms with Crippen molar-refractivity contribution in [1.29, 1.82) is 0 Å². The van der Waals surface area contributed by atoms with Crippen LogP contribution in [-0.2, 0) is 24.8 Å². The first kappa shape index (κ1) is 14.2. The lowest BCUT2D eigenvalue weighted by atomic mass is 9.99. The summed E-state index contributed by atoms with van der Waals surface area (Å²) in [6, 6.07) is 3.80. The van der Waals surface area contributed by atoms with Crippen LogP contribution >= 0.6 is 0 Å². The third-order valence-corrected chi connectivity index (χ3v) is 3.90. The molecule has 0 saturated heterocycles. The third-order valence-electron chi connectivity index (χ3n) is 3.90. The van der Waals surface area contributed by atoms with Crippen molar-refractivity contribution < 1.29 is 19.1 Å². The number of benzene rings is 1. The van der Waals surface area contributed by atoms with E-state index in [2.05, 4.69) is 5.10 Å². The highest BCUT2D eigenvalue weighted by molar-refractivity contribution is 5.88. The highest BCUT2D eigenvalue weighted by Gasteiger charge is 2.25. The van der Waals surface area contributed by atoms with Crippen LogP contribution in [0.5, 0.6) is 0 Å². The number of amides is 1. The van der Waals surface area contributed by atoms with E-state index in [4.69, 9.17) is 5.11 Å². The Labute approximate surface area is 125 Å². The zero-order chi connectivity index (χ0) is 15.9. The molecule has 0 bridgehead atoms. The van der Waals surface area contributed by atoms with Crippen LogP contribution in [0.25, 0.3) is 11.3 Å². The van der Waals surface area contributed by atoms with Gasteiger partial charge in [-0.3, -0.25) is 9.48 Å². The average Bonchev–Trinajstić information content (AvgIpc) is 2.83. The normalized spacial score (nSPS) is 13.8. The highest BCUT2D eigenvalue weighted by Crippen LogP contribution is 2.31. The van der Waals surface area contributed by atoms with Crippen molar-refractivity contribution in [2.45, 2.75) is 13.0 Å². The minimum atomic E-state index is -1.17. The number of hydrogen-bond donors (Lipinski definition) is 1. The van der Waals surface area contributed by atoms with Crippen LogP contribution in [0.3, 0.4) is 0 Å². The summed E-state index contributed by atoms with van der Waals surface area (Å²) in [5, 5.41) is 13.3. The zero-order valence-corrected chi connectivity index (χ0v) is 11.9. The monoisotopic (exact) mass is 303 g/mol. The standard InChI is InChI=1S/C15H14FN3O3/c1-18-13-7-19(8-20)5-4-11(13)14(17-18)10-3-2-9(15(21)22)6-12(10)16/h2-3,6,8H,4-5,7H2,1H3,(H,21,22). The maximum Gasteiger partial charge on any atom is 0.335 e. The molecule has 0 saturated carbocycles. The van der Waals surface area contributed by atoms with E-state index in [9.17, 15) is 14.0 Å². The van der Waals surface area contributed by atoms with Gasteiger partial charge >= 0.3 is 5.97 Å². The van der Waals surface area contributed by atoms with Crippen molar-refractivity contribution in [2.75, 3.05) is 6.54 Å². The number of aryl methyl sites for hydroxylation is 1. The molecule has 1 aliphatic rings. The van der Waals surface area contributed by atoms with Crippen molar-refractivity contribution in [1.82, 2.24) is 14.7 Å². The molecule has 6 nitrogen and oxygen atoms in total. The predicted molar refractivity (Wildman–Crippen MR) is 75.7 cm³/mol. The van der Waals surface area contributed by atoms with Gasteiger partial charge < -0.3 is 10.0 Å². The second kappa shape index (κ2) is 5.25. The number of rotatable bonds is 3. The zero-order valence-electron chi connectivity index (χ0n) is 11.9. The molecule has 2 aromatic rings. The molecular weight excluding hydrogens is 289 g/mol. The minimum Gasteiger partial charge on any atom is -0.478 e. The minimum absolute atomic E-state index is 0.0989. The number of nitrogens with zero attached hydrogens (tertiary/aromatic N) is 3. The van der Waals surface area contributed by atoms with E-state index < -0.39 is 11.8 Å². The number of carboxylic acid groups (broad SMARTS) is 1. The van der Waals surface area contributed by atoms with Crippen molar-refractivity contribution >= 4 is 12.4 Å². The topological polar surface area (TPSA) is 75.4 Å². The fraction of sp³-hybridized carbons (Fsp3) is 0.267. The Bertz CT molecular complexity index is 770. The van der Waals surface area contributed by atoms with Gasteiger partial charge in [0.15, 0.2) is 0 Å². The molecule has 1 amide bonds. The molecule has 0 aliphatic carbocycles. The number of aromatic nitrogens is 2. The molecule has 7 heteroatoms. The van der Waals surface area contributed by atoms with Gasteiger partial charge in [-0.2, -0.15) is 5.10 Å². The number of hydrogen-bond acceptors (Lipinski definition) is 3. The summed E-state index contributed by atoms with van der Waals surface area (Å²) in [5.74, 6) is -1.78. The van der Waals surface area contributed by atoms with E-state index in [-0.39, 0.29) is 11.1 Å². The first-order valence-corrected chi connectivity index (χ1v) is 6.78. The molecule has 0 radical (unpaired) electrons. The summed E-state index contributed by atoms with van der Waals surface area (Å²) in [4.78, 5) is 23.4. The molecule has 3 rings (SSSR count). The number of halogens is 1. The molecule has 1 aromatic carbocycles. The first-order valence-electron chi connectivity index (χ1n) is 6.78. The van der Waals surface area contributed by atoms with Gasteiger partial charge in [-0.05, 0) is 24.6 Å². The van der Waals surface area contributed by atoms with Gasteiger partial charge in [0.2, 0.25) is 6.41 Å². The quantitative estimate of drug-likeness (QED) is 0.871. The van der Waals surface area contributed by atoms with Crippen LogP contribution in [-0.4, -0.2) is 38.7 Å². The van der Waals surface area contributed by atoms with E-state index >= 15 is 0 Å². The van der Waals surface area contributed by atoms with Crippen LogP contribution in [0.1, 0.15) is 21.6 Å². The summed E-state index contributed by atoms with van der Waals surface area (Å²) >= 11 is 0. The second-order valence-corrected chi connectivity index (χ2v) is 5.22. The Kier molecular flexibility index (Phi) is 3.40. The van der Waals surface area contributed by atoms with Gasteiger partial charge in [0.05, 0.1) is 23.5 Å². The molecule has 22 heavy (non-hydrogen) atoms. The van der Waals surface area contributed by atoms with Crippen molar-refractivity contribution in [3.05, 3.63) is 40.8 Å². The molecule has 0 atom stereocenters. The fourth-order valence-corrected chi connectivity index (χ4v) is 2.74. The predicted octanol–water partition coefficient (Wildman–Crippen LogP) is 1.44. The van der Waals surface area contributed by atoms with Gasteiger partial charge in [-0.1, -0.05) is 0 Å². The van der Waals surface area contributed by atoms with Crippen LogP contribution < -0.4 is 0 Å². The van der Waals surface area contributed by atoms with Crippen LogP contribution in [0, 0.1) is 5.82 Å². The molecule has 1 N–H and O–H groups in total. The molecule has 0 spiro atoms. The van der Waals surface area contributed by atoms with E-state index in [1.54, 1.807) is 16.6 Å². The lowest BCUT2D eigenvalue weighted by Crippen LogP contribution is -2.30. The number of aromatic carboxylic acids is 1. The van der Waals surface area contributed by atoms with E-state index in [1.807, 2.05) is 0 Å². The molecule has 1 aromatic heterocycles. The fourth-order valence-electron chi connectivity index (χ4n) is 2.74. The number of carboxylic acids is 1. The molecule has 1 aliphatic heterocycles. The number of carbonyl (C=O) groups is 2. The smallest absolute Gasteiger partial charge is 0.335 e. The van der Waals surface area contributed by atoms with E-state index in [0.29, 0.717) is 25.2 Å². The molecule has 114 valence electrons. The third kappa shape index (κ3) is 2.24. The SMILES string of the molecule is Cn1nc(-c2ccc(C(=O)O)cc2F)c2c1CN(C=O)CC2. The lowest BCUT2D eigenvalue weighted by Gasteiger charge is -2.23. The van der Waals surface area contributed by atoms with Crippen LogP contribution in [0.15, 0.2) is 18.2 Å². The Morgan fingerprint density at radius 1 is 1.45 bits per heavy atom.